The molecule has 4 heteroatoms. The Hall–Kier alpha value is -2.49. The summed E-state index contributed by atoms with van der Waals surface area (Å²) in [6.45, 7) is 4.04. The molecule has 0 aliphatic heterocycles. The second kappa shape index (κ2) is 5.25. The van der Waals surface area contributed by atoms with Crippen LogP contribution in [0.3, 0.4) is 0 Å². The molecular formula is C16H17N3O. The van der Waals surface area contributed by atoms with Crippen LogP contribution in [0.2, 0.25) is 0 Å². The molecule has 3 aromatic rings. The lowest BCUT2D eigenvalue weighted by Crippen LogP contribution is -2.05. The Kier molecular flexibility index (Phi) is 3.29. The Morgan fingerprint density at radius 3 is 2.50 bits per heavy atom. The second-order valence-corrected chi connectivity index (χ2v) is 4.86. The fraction of sp³-hybridized carbons (Fsp3) is 0.188. The minimum absolute atomic E-state index is 0.140. The van der Waals surface area contributed by atoms with Crippen molar-refractivity contribution in [2.24, 2.45) is 0 Å². The van der Waals surface area contributed by atoms with Gasteiger partial charge >= 0.3 is 0 Å². The number of hydrogen-bond acceptors (Lipinski definition) is 3. The first-order valence-corrected chi connectivity index (χ1v) is 6.65. The summed E-state index contributed by atoms with van der Waals surface area (Å²) in [5.41, 5.74) is 3.20. The number of nitrogens with one attached hydrogen (secondary N) is 2. The van der Waals surface area contributed by atoms with E-state index < -0.39 is 0 Å². The van der Waals surface area contributed by atoms with Gasteiger partial charge in [-0.2, -0.15) is 5.10 Å². The lowest BCUT2D eigenvalue weighted by Gasteiger charge is -2.13. The van der Waals surface area contributed by atoms with E-state index in [4.69, 9.17) is 4.42 Å². The average molecular weight is 267 g/mol. The summed E-state index contributed by atoms with van der Waals surface area (Å²) in [5, 5.41) is 10.3. The van der Waals surface area contributed by atoms with Gasteiger partial charge in [-0.15, -0.1) is 0 Å². The van der Waals surface area contributed by atoms with Crippen LogP contribution in [0.25, 0.3) is 11.3 Å². The molecule has 0 radical (unpaired) electrons. The highest BCUT2D eigenvalue weighted by Crippen LogP contribution is 2.23. The van der Waals surface area contributed by atoms with Crippen LogP contribution in [0.15, 0.2) is 53.1 Å². The lowest BCUT2D eigenvalue weighted by atomic mass is 10.1. The summed E-state index contributed by atoms with van der Waals surface area (Å²) < 4.78 is 5.62. The van der Waals surface area contributed by atoms with Crippen LogP contribution in [0.4, 0.5) is 5.69 Å². The van der Waals surface area contributed by atoms with E-state index in [1.54, 1.807) is 6.20 Å². The Morgan fingerprint density at radius 1 is 1.10 bits per heavy atom. The van der Waals surface area contributed by atoms with Crippen molar-refractivity contribution < 1.29 is 4.42 Å². The normalized spacial score (nSPS) is 12.3. The fourth-order valence-corrected chi connectivity index (χ4v) is 2.17. The van der Waals surface area contributed by atoms with Crippen molar-refractivity contribution >= 4 is 5.69 Å². The Balaban J connectivity index is 1.72. The van der Waals surface area contributed by atoms with Crippen LogP contribution >= 0.6 is 0 Å². The molecule has 20 heavy (non-hydrogen) atoms. The van der Waals surface area contributed by atoms with E-state index in [1.165, 1.54) is 0 Å². The Labute approximate surface area is 117 Å². The fourth-order valence-electron chi connectivity index (χ4n) is 2.17. The molecule has 2 heterocycles. The predicted molar refractivity (Wildman–Crippen MR) is 79.5 cm³/mol. The second-order valence-electron chi connectivity index (χ2n) is 4.86. The number of anilines is 1. The standard InChI is InChI=1S/C16H17N3O/c1-11-3-8-16(20-11)12(2)18-14-6-4-13(5-7-14)15-9-10-17-19-15/h3-10,12,18H,1-2H3,(H,17,19). The molecule has 0 aliphatic rings. The minimum Gasteiger partial charge on any atom is -0.464 e. The molecule has 3 rings (SSSR count). The van der Waals surface area contributed by atoms with Crippen LogP contribution in [0, 0.1) is 6.92 Å². The Bertz CT molecular complexity index is 668. The van der Waals surface area contributed by atoms with Crippen molar-refractivity contribution in [3.05, 3.63) is 60.2 Å². The zero-order chi connectivity index (χ0) is 13.9. The van der Waals surface area contributed by atoms with E-state index >= 15 is 0 Å². The first kappa shape index (κ1) is 12.5. The molecule has 1 unspecified atom stereocenters. The number of benzene rings is 1. The van der Waals surface area contributed by atoms with Crippen molar-refractivity contribution in [2.75, 3.05) is 5.32 Å². The van der Waals surface area contributed by atoms with Gasteiger partial charge in [-0.3, -0.25) is 5.10 Å². The summed E-state index contributed by atoms with van der Waals surface area (Å²) in [6.07, 6.45) is 1.75. The van der Waals surface area contributed by atoms with Crippen LogP contribution in [-0.2, 0) is 0 Å². The number of aryl methyl sites for hydroxylation is 1. The number of aromatic amines is 1. The highest BCUT2D eigenvalue weighted by atomic mass is 16.3. The van der Waals surface area contributed by atoms with Gasteiger partial charge in [-0.05, 0) is 49.7 Å². The molecule has 0 amide bonds. The molecule has 0 bridgehead atoms. The number of H-pyrrole nitrogens is 1. The number of furan rings is 1. The largest absolute Gasteiger partial charge is 0.464 e. The van der Waals surface area contributed by atoms with Crippen LogP contribution < -0.4 is 5.32 Å². The summed E-state index contributed by atoms with van der Waals surface area (Å²) in [6, 6.07) is 14.3. The molecule has 1 atom stereocenters. The topological polar surface area (TPSA) is 53.9 Å². The molecule has 102 valence electrons. The molecule has 2 aromatic heterocycles. The zero-order valence-electron chi connectivity index (χ0n) is 11.6. The van der Waals surface area contributed by atoms with Gasteiger partial charge in [0.25, 0.3) is 0 Å². The number of rotatable bonds is 4. The molecule has 0 saturated carbocycles. The summed E-state index contributed by atoms with van der Waals surface area (Å²) in [4.78, 5) is 0. The summed E-state index contributed by atoms with van der Waals surface area (Å²) in [5.74, 6) is 1.88. The molecule has 2 N–H and O–H groups in total. The van der Waals surface area contributed by atoms with Gasteiger partial charge in [-0.1, -0.05) is 12.1 Å². The van der Waals surface area contributed by atoms with Gasteiger partial charge < -0.3 is 9.73 Å². The predicted octanol–water partition coefficient (Wildman–Crippen LogP) is 4.15. The average Bonchev–Trinajstić information content (AvgIpc) is 3.10. The van der Waals surface area contributed by atoms with Crippen molar-refractivity contribution in [3.63, 3.8) is 0 Å². The lowest BCUT2D eigenvalue weighted by molar-refractivity contribution is 0.467. The summed E-state index contributed by atoms with van der Waals surface area (Å²) in [7, 11) is 0. The highest BCUT2D eigenvalue weighted by molar-refractivity contribution is 5.62. The van der Waals surface area contributed by atoms with Crippen molar-refractivity contribution in [3.8, 4) is 11.3 Å². The third kappa shape index (κ3) is 2.59. The van der Waals surface area contributed by atoms with Crippen molar-refractivity contribution in [1.29, 1.82) is 0 Å². The van der Waals surface area contributed by atoms with E-state index in [9.17, 15) is 0 Å². The summed E-state index contributed by atoms with van der Waals surface area (Å²) >= 11 is 0. The smallest absolute Gasteiger partial charge is 0.126 e. The first-order valence-electron chi connectivity index (χ1n) is 6.65. The van der Waals surface area contributed by atoms with Gasteiger partial charge in [0.2, 0.25) is 0 Å². The third-order valence-electron chi connectivity index (χ3n) is 3.27. The van der Waals surface area contributed by atoms with E-state index in [0.717, 1.165) is 28.5 Å². The molecular weight excluding hydrogens is 250 g/mol. The maximum atomic E-state index is 5.62. The van der Waals surface area contributed by atoms with E-state index in [1.807, 2.05) is 25.1 Å². The van der Waals surface area contributed by atoms with Crippen LogP contribution in [0.1, 0.15) is 24.5 Å². The van der Waals surface area contributed by atoms with Gasteiger partial charge in [0.1, 0.15) is 11.5 Å². The number of aromatic nitrogens is 2. The van der Waals surface area contributed by atoms with Gasteiger partial charge in [0.15, 0.2) is 0 Å². The SMILES string of the molecule is Cc1ccc(C(C)Nc2ccc(-c3ccn[nH]3)cc2)o1. The van der Waals surface area contributed by atoms with E-state index in [0.29, 0.717) is 0 Å². The van der Waals surface area contributed by atoms with Crippen LogP contribution in [-0.4, -0.2) is 10.2 Å². The Morgan fingerprint density at radius 2 is 1.90 bits per heavy atom. The van der Waals surface area contributed by atoms with Gasteiger partial charge in [-0.25, -0.2) is 0 Å². The third-order valence-corrected chi connectivity index (χ3v) is 3.27. The monoisotopic (exact) mass is 267 g/mol. The van der Waals surface area contributed by atoms with Gasteiger partial charge in [0, 0.05) is 11.9 Å². The molecule has 0 fully saturated rings. The zero-order valence-corrected chi connectivity index (χ0v) is 11.6. The molecule has 1 aromatic carbocycles. The first-order chi connectivity index (χ1) is 9.72. The molecule has 0 saturated heterocycles. The molecule has 0 aliphatic carbocycles. The minimum atomic E-state index is 0.140. The maximum absolute atomic E-state index is 5.62. The molecule has 4 nitrogen and oxygen atoms in total. The van der Waals surface area contributed by atoms with E-state index in [-0.39, 0.29) is 6.04 Å². The van der Waals surface area contributed by atoms with Crippen molar-refractivity contribution in [2.45, 2.75) is 19.9 Å². The highest BCUT2D eigenvalue weighted by Gasteiger charge is 2.09. The maximum Gasteiger partial charge on any atom is 0.126 e. The van der Waals surface area contributed by atoms with Gasteiger partial charge in [0.05, 0.1) is 11.7 Å². The quantitative estimate of drug-likeness (QED) is 0.746. The van der Waals surface area contributed by atoms with E-state index in [2.05, 4.69) is 46.7 Å². The van der Waals surface area contributed by atoms with Crippen LogP contribution in [0.5, 0.6) is 0 Å². The van der Waals surface area contributed by atoms with Crippen molar-refractivity contribution in [1.82, 2.24) is 10.2 Å². The number of hydrogen-bond donors (Lipinski definition) is 2. The molecule has 0 spiro atoms. The number of nitrogens with zero attached hydrogens (tertiary/aromatic N) is 1.